The van der Waals surface area contributed by atoms with Crippen molar-refractivity contribution in [2.75, 3.05) is 26.3 Å². The molecule has 8 nitrogen and oxygen atoms in total. The van der Waals surface area contributed by atoms with Gasteiger partial charge in [0.2, 0.25) is 5.91 Å². The van der Waals surface area contributed by atoms with Gasteiger partial charge in [0.1, 0.15) is 6.61 Å². The number of aliphatic hydroxyl groups is 1. The second kappa shape index (κ2) is 10.6. The number of morpholine rings is 1. The normalized spacial score (nSPS) is 52.0. The minimum Gasteiger partial charge on any atom is -0.463 e. The molecule has 8 heteroatoms. The van der Waals surface area contributed by atoms with E-state index in [9.17, 15) is 14.7 Å². The zero-order chi connectivity index (χ0) is 32.4. The molecule has 1 amide bonds. The van der Waals surface area contributed by atoms with Gasteiger partial charge in [-0.1, -0.05) is 34.6 Å². The molecule has 0 unspecified atom stereocenters. The van der Waals surface area contributed by atoms with Gasteiger partial charge in [-0.15, -0.1) is 0 Å². The predicted molar refractivity (Wildman–Crippen MR) is 171 cm³/mol. The first-order chi connectivity index (χ1) is 21.8. The largest absolute Gasteiger partial charge is 0.463 e. The van der Waals surface area contributed by atoms with E-state index in [0.717, 1.165) is 25.7 Å². The molecule has 2 spiro atoms. The molecule has 1 N–H and O–H groups in total. The van der Waals surface area contributed by atoms with E-state index in [0.29, 0.717) is 61.1 Å². The lowest BCUT2D eigenvalue weighted by Gasteiger charge is -2.64. The van der Waals surface area contributed by atoms with E-state index in [1.165, 1.54) is 45.4 Å². The van der Waals surface area contributed by atoms with Crippen LogP contribution in [-0.2, 0) is 28.5 Å². The lowest BCUT2D eigenvalue weighted by Crippen LogP contribution is -2.60. The fourth-order valence-electron chi connectivity index (χ4n) is 13.8. The topological polar surface area (TPSA) is 94.5 Å². The van der Waals surface area contributed by atoms with E-state index in [-0.39, 0.29) is 64.7 Å². The Morgan fingerprint density at radius 3 is 2.46 bits per heavy atom. The minimum absolute atomic E-state index is 0.0157. The van der Waals surface area contributed by atoms with Crippen molar-refractivity contribution in [3.05, 3.63) is 0 Å². The van der Waals surface area contributed by atoms with Crippen LogP contribution in [0.3, 0.4) is 0 Å². The Kier molecular flexibility index (Phi) is 7.40. The Balaban J connectivity index is 0.995. The molecule has 2 saturated heterocycles. The summed E-state index contributed by atoms with van der Waals surface area (Å²) >= 11 is 0. The molecule has 0 aromatic carbocycles. The third-order valence-electron chi connectivity index (χ3n) is 16.1. The lowest BCUT2D eigenvalue weighted by atomic mass is 9.41. The number of carbonyl (C=O) groups excluding carboxylic acids is 2. The van der Waals surface area contributed by atoms with Crippen LogP contribution in [-0.4, -0.2) is 78.9 Å². The molecule has 0 aromatic heterocycles. The Bertz CT molecular complexity index is 1250. The van der Waals surface area contributed by atoms with Crippen molar-refractivity contribution in [2.45, 2.75) is 143 Å². The maximum atomic E-state index is 12.9. The molecule has 8 aliphatic rings. The van der Waals surface area contributed by atoms with E-state index in [1.807, 2.05) is 4.90 Å². The molecule has 0 aromatic rings. The van der Waals surface area contributed by atoms with Crippen LogP contribution in [0.2, 0.25) is 0 Å². The number of ether oxygens (including phenoxy) is 4. The molecular formula is C38H59NO7. The SMILES string of the molecule is CC(=O)OC[C@@H]1C[C@@H](C)[C@H]2[C@H](O1)[C@H](O)[C@@]1(C)[C@@H]3CC[C@H]4C(C)(C)[C@@H](O[C@H]5CN(C(=O)CC6CC6)CCO5)CC[C@@]45C[C@@]35CC[C@]21C. The number of hydrogen-bond acceptors (Lipinski definition) is 7. The molecule has 46 heavy (non-hydrogen) atoms. The first-order valence-corrected chi connectivity index (χ1v) is 18.8. The predicted octanol–water partition coefficient (Wildman–Crippen LogP) is 5.73. The van der Waals surface area contributed by atoms with Crippen LogP contribution in [0.5, 0.6) is 0 Å². The van der Waals surface area contributed by atoms with Gasteiger partial charge in [0.25, 0.3) is 0 Å². The molecule has 8 rings (SSSR count). The highest BCUT2D eigenvalue weighted by Crippen LogP contribution is 2.89. The number of amides is 1. The van der Waals surface area contributed by atoms with Crippen molar-refractivity contribution in [1.82, 2.24) is 4.90 Å². The van der Waals surface area contributed by atoms with Crippen molar-refractivity contribution < 1.29 is 33.6 Å². The molecule has 8 fully saturated rings. The Labute approximate surface area is 276 Å². The smallest absolute Gasteiger partial charge is 0.302 e. The van der Waals surface area contributed by atoms with Gasteiger partial charge in [0.15, 0.2) is 6.29 Å². The highest BCUT2D eigenvalue weighted by Gasteiger charge is 2.84. The van der Waals surface area contributed by atoms with Gasteiger partial charge in [-0.05, 0) is 115 Å². The molecular weight excluding hydrogens is 582 g/mol. The van der Waals surface area contributed by atoms with Gasteiger partial charge in [-0.3, -0.25) is 9.59 Å². The maximum absolute atomic E-state index is 12.9. The molecule has 0 bridgehead atoms. The van der Waals surface area contributed by atoms with Crippen molar-refractivity contribution in [3.8, 4) is 0 Å². The summed E-state index contributed by atoms with van der Waals surface area (Å²) in [5.41, 5.74) is 0.438. The van der Waals surface area contributed by atoms with Crippen LogP contribution in [0.4, 0.5) is 0 Å². The summed E-state index contributed by atoms with van der Waals surface area (Å²) in [6.45, 7) is 15.7. The maximum Gasteiger partial charge on any atom is 0.302 e. The van der Waals surface area contributed by atoms with E-state index >= 15 is 0 Å². The first-order valence-electron chi connectivity index (χ1n) is 18.8. The second-order valence-electron chi connectivity index (χ2n) is 18.4. The summed E-state index contributed by atoms with van der Waals surface area (Å²) < 4.78 is 25.0. The zero-order valence-corrected chi connectivity index (χ0v) is 29.2. The molecule has 258 valence electrons. The third kappa shape index (κ3) is 4.37. The lowest BCUT2D eigenvalue weighted by molar-refractivity contribution is -0.248. The van der Waals surface area contributed by atoms with Gasteiger partial charge in [-0.25, -0.2) is 0 Å². The van der Waals surface area contributed by atoms with E-state index in [1.54, 1.807) is 0 Å². The van der Waals surface area contributed by atoms with Crippen LogP contribution < -0.4 is 0 Å². The fourth-order valence-corrected chi connectivity index (χ4v) is 13.8. The Hall–Kier alpha value is -1.22. The number of rotatable bonds is 6. The van der Waals surface area contributed by atoms with Crippen LogP contribution in [0, 0.1) is 56.7 Å². The third-order valence-corrected chi connectivity index (χ3v) is 16.1. The Morgan fingerprint density at radius 2 is 1.72 bits per heavy atom. The summed E-state index contributed by atoms with van der Waals surface area (Å²) in [6.07, 6.45) is 11.1. The molecule has 13 atom stereocenters. The summed E-state index contributed by atoms with van der Waals surface area (Å²) in [5, 5.41) is 12.4. The monoisotopic (exact) mass is 641 g/mol. The van der Waals surface area contributed by atoms with Gasteiger partial charge in [0.05, 0.1) is 37.6 Å². The van der Waals surface area contributed by atoms with Crippen LogP contribution in [0.25, 0.3) is 0 Å². The molecule has 6 saturated carbocycles. The van der Waals surface area contributed by atoms with Crippen molar-refractivity contribution >= 4 is 11.9 Å². The van der Waals surface area contributed by atoms with Crippen molar-refractivity contribution in [1.29, 1.82) is 0 Å². The van der Waals surface area contributed by atoms with Gasteiger partial charge in [-0.2, -0.15) is 0 Å². The average molecular weight is 642 g/mol. The number of hydrogen-bond donors (Lipinski definition) is 1. The highest BCUT2D eigenvalue weighted by molar-refractivity contribution is 5.76. The zero-order valence-electron chi connectivity index (χ0n) is 29.2. The van der Waals surface area contributed by atoms with Gasteiger partial charge in [0, 0.05) is 25.3 Å². The van der Waals surface area contributed by atoms with Gasteiger partial charge < -0.3 is 29.0 Å². The summed E-state index contributed by atoms with van der Waals surface area (Å²) in [7, 11) is 0. The van der Waals surface area contributed by atoms with E-state index in [4.69, 9.17) is 18.9 Å². The number of esters is 1. The van der Waals surface area contributed by atoms with Crippen LogP contribution >= 0.6 is 0 Å². The van der Waals surface area contributed by atoms with Crippen LogP contribution in [0.1, 0.15) is 112 Å². The fraction of sp³-hybridized carbons (Fsp3) is 0.947. The van der Waals surface area contributed by atoms with Gasteiger partial charge >= 0.3 is 5.97 Å². The quantitative estimate of drug-likeness (QED) is 0.370. The summed E-state index contributed by atoms with van der Waals surface area (Å²) in [4.78, 5) is 26.4. The number of carbonyl (C=O) groups is 2. The molecule has 2 heterocycles. The van der Waals surface area contributed by atoms with Crippen LogP contribution in [0.15, 0.2) is 0 Å². The summed E-state index contributed by atoms with van der Waals surface area (Å²) in [6, 6.07) is 0. The van der Waals surface area contributed by atoms with E-state index in [2.05, 4.69) is 34.6 Å². The van der Waals surface area contributed by atoms with E-state index < -0.39 is 6.10 Å². The second-order valence-corrected chi connectivity index (χ2v) is 18.4. The molecule has 2 aliphatic heterocycles. The Morgan fingerprint density at radius 1 is 0.978 bits per heavy atom. The number of fused-ring (bicyclic) bond motifs is 4. The number of aliphatic hydroxyl groups excluding tert-OH is 1. The standard InChI is InChI=1S/C38H59NO7/c1-22-17-25(20-44-23(2)40)45-32-31(22)35(5)13-14-38-21-37(38)12-11-28(34(3,4)26(37)9-10-27(38)36(35,6)33(32)42)46-30-19-39(15-16-43-30)29(41)18-24-7-8-24/h22,24-28,30-33,42H,7-21H2,1-6H3/t22-,25+,26+,27+,28+,30+,31+,32+,33+,35-,36-,37-,38+/m1/s1. The highest BCUT2D eigenvalue weighted by atomic mass is 16.7. The molecule has 0 radical (unpaired) electrons. The number of nitrogens with zero attached hydrogens (tertiary/aromatic N) is 1. The average Bonchev–Trinajstić information content (AvgIpc) is 3.93. The molecule has 6 aliphatic carbocycles. The summed E-state index contributed by atoms with van der Waals surface area (Å²) in [5.74, 6) is 2.39. The van der Waals surface area contributed by atoms with Crippen molar-refractivity contribution in [2.24, 2.45) is 56.7 Å². The minimum atomic E-state index is -0.511. The first kappa shape index (κ1) is 32.0. The van der Waals surface area contributed by atoms with Crippen molar-refractivity contribution in [3.63, 3.8) is 0 Å².